The fourth-order valence-corrected chi connectivity index (χ4v) is 1.63. The van der Waals surface area contributed by atoms with Gasteiger partial charge in [-0.05, 0) is 12.8 Å². The summed E-state index contributed by atoms with van der Waals surface area (Å²) in [5.74, 6) is -5.49. The molecule has 1 heterocycles. The van der Waals surface area contributed by atoms with Gasteiger partial charge in [-0.2, -0.15) is 0 Å². The van der Waals surface area contributed by atoms with Crippen molar-refractivity contribution in [3.63, 3.8) is 0 Å². The van der Waals surface area contributed by atoms with Crippen LogP contribution in [0.4, 0.5) is 0 Å². The van der Waals surface area contributed by atoms with Gasteiger partial charge in [0, 0.05) is 6.54 Å². The molecule has 1 rings (SSSR count). The molecule has 0 aromatic rings. The molecule has 0 saturated heterocycles. The van der Waals surface area contributed by atoms with Gasteiger partial charge in [0.05, 0.1) is 6.54 Å². The van der Waals surface area contributed by atoms with Crippen molar-refractivity contribution in [3.8, 4) is 0 Å². The maximum Gasteiger partial charge on any atom is 0.766 e. The predicted octanol–water partition coefficient (Wildman–Crippen LogP) is -0.844. The molecule has 110 valence electrons. The molecule has 0 aromatic carbocycles. The number of hydrogen-bond donors (Lipinski definition) is 0. The van der Waals surface area contributed by atoms with Gasteiger partial charge in [0.1, 0.15) is 0 Å². The largest absolute Gasteiger partial charge is 0.766 e. The van der Waals surface area contributed by atoms with Crippen molar-refractivity contribution in [2.24, 2.45) is 4.99 Å². The van der Waals surface area contributed by atoms with Crippen LogP contribution in [0.3, 0.4) is 0 Å². The molecule has 1 aliphatic heterocycles. The van der Waals surface area contributed by atoms with E-state index in [1.165, 1.54) is 0 Å². The molecule has 1 aliphatic rings. The summed E-state index contributed by atoms with van der Waals surface area (Å²) in [4.78, 5) is 41.4. The van der Waals surface area contributed by atoms with Crippen LogP contribution in [0.15, 0.2) is 4.99 Å². The van der Waals surface area contributed by atoms with Crippen molar-refractivity contribution in [1.29, 1.82) is 0 Å². The predicted molar refractivity (Wildman–Crippen MR) is 59.0 cm³/mol. The molecule has 0 aromatic heterocycles. The highest BCUT2D eigenvalue weighted by molar-refractivity contribution is 5.86. The second-order valence-electron chi connectivity index (χ2n) is 3.68. The normalized spacial score (nSPS) is 16.0. The van der Waals surface area contributed by atoms with Gasteiger partial charge in [-0.1, -0.05) is 5.01 Å². The molecule has 0 N–H and O–H groups in total. The van der Waals surface area contributed by atoms with Crippen LogP contribution in [-0.2, 0) is 0 Å². The lowest BCUT2D eigenvalue weighted by molar-refractivity contribution is -0.948. The molecule has 0 amide bonds. The summed E-state index contributed by atoms with van der Waals surface area (Å²) >= 11 is 0. The van der Waals surface area contributed by atoms with Gasteiger partial charge in [-0.25, -0.2) is 15.1 Å². The number of amidine groups is 1. The van der Waals surface area contributed by atoms with E-state index in [4.69, 9.17) is 0 Å². The Morgan fingerprint density at radius 2 is 1.45 bits per heavy atom. The Labute approximate surface area is 109 Å². The van der Waals surface area contributed by atoms with Crippen LogP contribution in [0, 0.1) is 40.5 Å². The Kier molecular flexibility index (Phi) is 4.06. The highest BCUT2D eigenvalue weighted by Crippen LogP contribution is 2.20. The highest BCUT2D eigenvalue weighted by atomic mass is 16.7. The first-order chi connectivity index (χ1) is 9.26. The molecule has 14 heteroatoms. The van der Waals surface area contributed by atoms with Crippen molar-refractivity contribution in [3.05, 3.63) is 40.5 Å². The van der Waals surface area contributed by atoms with E-state index < -0.39 is 38.0 Å². The Morgan fingerprint density at radius 3 is 1.85 bits per heavy atom. The minimum atomic E-state index is -4.09. The van der Waals surface area contributed by atoms with Crippen LogP contribution in [0.1, 0.15) is 12.8 Å². The molecule has 14 nitrogen and oxygen atoms in total. The fraction of sp³-hybridized carbons (Fsp3) is 0.833. The van der Waals surface area contributed by atoms with Crippen LogP contribution in [0.2, 0.25) is 0 Å². The molecule has 0 saturated carbocycles. The number of aliphatic imine (C=N–C) groups is 1. The van der Waals surface area contributed by atoms with Gasteiger partial charge in [0.2, 0.25) is 0 Å². The molecule has 0 bridgehead atoms. The lowest BCUT2D eigenvalue weighted by atomic mass is 10.3. The number of rotatable bonds is 5. The summed E-state index contributed by atoms with van der Waals surface area (Å²) in [7, 11) is 0. The second kappa shape index (κ2) is 5.37. The third kappa shape index (κ3) is 2.17. The lowest BCUT2D eigenvalue weighted by Gasteiger charge is -2.14. The van der Waals surface area contributed by atoms with Crippen LogP contribution in [0.5, 0.6) is 0 Å². The maximum absolute atomic E-state index is 10.9. The molecule has 0 aliphatic carbocycles. The van der Waals surface area contributed by atoms with Crippen LogP contribution < -0.4 is 0 Å². The van der Waals surface area contributed by atoms with Crippen LogP contribution in [0.25, 0.3) is 0 Å². The first-order valence-electron chi connectivity index (χ1n) is 5.16. The molecule has 0 spiro atoms. The Hall–Kier alpha value is -2.93. The Bertz CT molecular complexity index is 466. The van der Waals surface area contributed by atoms with Crippen molar-refractivity contribution in [2.45, 2.75) is 18.6 Å². The SMILES string of the molecule is O=[N+]([O-])N1CCCCN=C1C([N+](=O)[O-])([N+](=O)[O-])[N+](=O)[O-]. The number of hydrazine groups is 1. The summed E-state index contributed by atoms with van der Waals surface area (Å²) in [6.45, 7) is -0.653. The van der Waals surface area contributed by atoms with Gasteiger partial charge in [-0.15, -0.1) is 0 Å². The first-order valence-corrected chi connectivity index (χ1v) is 5.16. The van der Waals surface area contributed by atoms with Crippen molar-refractivity contribution >= 4 is 5.84 Å². The van der Waals surface area contributed by atoms with Crippen molar-refractivity contribution in [1.82, 2.24) is 5.01 Å². The van der Waals surface area contributed by atoms with E-state index in [1.807, 2.05) is 0 Å². The van der Waals surface area contributed by atoms with Crippen molar-refractivity contribution in [2.75, 3.05) is 13.1 Å². The van der Waals surface area contributed by atoms with Crippen molar-refractivity contribution < 1.29 is 19.8 Å². The molecule has 0 fully saturated rings. The Balaban J connectivity index is 3.54. The summed E-state index contributed by atoms with van der Waals surface area (Å²) in [5.41, 5.74) is 0. The summed E-state index contributed by atoms with van der Waals surface area (Å²) in [5, 5.41) is 42.2. The van der Waals surface area contributed by atoms with Gasteiger partial charge in [-0.3, -0.25) is 30.3 Å². The zero-order chi connectivity index (χ0) is 15.5. The van der Waals surface area contributed by atoms with E-state index in [9.17, 15) is 40.5 Å². The van der Waals surface area contributed by atoms with E-state index in [0.29, 0.717) is 0 Å². The third-order valence-corrected chi connectivity index (χ3v) is 2.54. The molecular formula is C6H8N6O8. The summed E-state index contributed by atoms with van der Waals surface area (Å²) < 4.78 is 0. The van der Waals surface area contributed by atoms with E-state index in [-0.39, 0.29) is 24.4 Å². The van der Waals surface area contributed by atoms with Gasteiger partial charge < -0.3 is 0 Å². The summed E-state index contributed by atoms with van der Waals surface area (Å²) in [6.07, 6.45) is 0.425. The lowest BCUT2D eigenvalue weighted by Crippen LogP contribution is -2.65. The standard InChI is InChI=1S/C6H8N6O8/c13-9(14)6(10(15)16,11(17)18)5-7-3-1-2-4-8(5)12(19)20/h1-4H2. The zero-order valence-electron chi connectivity index (χ0n) is 9.78. The average molecular weight is 292 g/mol. The van der Waals surface area contributed by atoms with Gasteiger partial charge >= 0.3 is 11.6 Å². The molecule has 20 heavy (non-hydrogen) atoms. The number of nitro groups is 4. The zero-order valence-corrected chi connectivity index (χ0v) is 9.78. The first kappa shape index (κ1) is 15.1. The smallest absolute Gasteiger partial charge is 0.252 e. The van der Waals surface area contributed by atoms with Crippen LogP contribution in [-0.4, -0.2) is 49.5 Å². The second-order valence-corrected chi connectivity index (χ2v) is 3.68. The molecular weight excluding hydrogens is 284 g/mol. The topological polar surface area (TPSA) is 188 Å². The van der Waals surface area contributed by atoms with E-state index in [1.54, 1.807) is 0 Å². The average Bonchev–Trinajstić information content (AvgIpc) is 2.54. The van der Waals surface area contributed by atoms with Crippen LogP contribution >= 0.6 is 0 Å². The maximum atomic E-state index is 10.9. The molecule has 0 radical (unpaired) electrons. The fourth-order valence-electron chi connectivity index (χ4n) is 1.63. The number of hydrogen-bond acceptors (Lipinski definition) is 9. The van der Waals surface area contributed by atoms with E-state index >= 15 is 0 Å². The minimum Gasteiger partial charge on any atom is -0.252 e. The monoisotopic (exact) mass is 292 g/mol. The third-order valence-electron chi connectivity index (χ3n) is 2.54. The highest BCUT2D eigenvalue weighted by Gasteiger charge is 2.79. The minimum absolute atomic E-state index is 0.0125. The Morgan fingerprint density at radius 1 is 0.950 bits per heavy atom. The van der Waals surface area contributed by atoms with E-state index in [2.05, 4.69) is 4.99 Å². The van der Waals surface area contributed by atoms with Gasteiger partial charge in [0.25, 0.3) is 0 Å². The molecule has 0 atom stereocenters. The quantitative estimate of drug-likeness (QED) is 0.353. The number of nitrogens with zero attached hydrogens (tertiary/aromatic N) is 6. The van der Waals surface area contributed by atoms with E-state index in [0.717, 1.165) is 0 Å². The van der Waals surface area contributed by atoms with Gasteiger partial charge in [0.15, 0.2) is 19.8 Å². The summed E-state index contributed by atoms with van der Waals surface area (Å²) in [6, 6.07) is 0. The molecule has 0 unspecified atom stereocenters.